The van der Waals surface area contributed by atoms with E-state index in [-0.39, 0.29) is 5.69 Å². The summed E-state index contributed by atoms with van der Waals surface area (Å²) in [5.74, 6) is -1.45. The zero-order valence-corrected chi connectivity index (χ0v) is 16.5. The van der Waals surface area contributed by atoms with Crippen molar-refractivity contribution in [1.29, 1.82) is 0 Å². The van der Waals surface area contributed by atoms with Crippen molar-refractivity contribution in [2.24, 2.45) is 0 Å². The number of nitro benzene ring substituents is 1. The van der Waals surface area contributed by atoms with E-state index in [1.807, 2.05) is 0 Å². The fourth-order valence-corrected chi connectivity index (χ4v) is 3.10. The molecular weight excluding hydrogens is 398 g/mol. The van der Waals surface area contributed by atoms with Crippen LogP contribution in [-0.2, 0) is 14.3 Å². The third-order valence-corrected chi connectivity index (χ3v) is 4.82. The Morgan fingerprint density at radius 2 is 1.69 bits per heavy atom. The molecule has 0 aromatic heterocycles. The first-order valence-corrected chi connectivity index (χ1v) is 9.39. The summed E-state index contributed by atoms with van der Waals surface area (Å²) >= 11 is 1.13. The van der Waals surface area contributed by atoms with E-state index >= 15 is 0 Å². The van der Waals surface area contributed by atoms with Gasteiger partial charge in [-0.1, -0.05) is 30.3 Å². The number of hydrogen-bond donors (Lipinski definition) is 2. The second-order valence-electron chi connectivity index (χ2n) is 5.81. The van der Waals surface area contributed by atoms with Crippen molar-refractivity contribution in [2.45, 2.75) is 23.2 Å². The van der Waals surface area contributed by atoms with E-state index in [1.54, 1.807) is 37.3 Å². The lowest BCUT2D eigenvalue weighted by molar-refractivity contribution is -0.384. The second-order valence-corrected chi connectivity index (χ2v) is 7.22. The van der Waals surface area contributed by atoms with E-state index < -0.39 is 34.2 Å². The highest BCUT2D eigenvalue weighted by Gasteiger charge is 2.28. The van der Waals surface area contributed by atoms with Gasteiger partial charge in [-0.15, -0.1) is 11.8 Å². The number of esters is 1. The molecule has 9 nitrogen and oxygen atoms in total. The molecule has 2 N–H and O–H groups in total. The van der Waals surface area contributed by atoms with Crippen LogP contribution in [0.5, 0.6) is 0 Å². The smallest absolute Gasteiger partial charge is 0.321 e. The van der Waals surface area contributed by atoms with Gasteiger partial charge >= 0.3 is 12.0 Å². The van der Waals surface area contributed by atoms with E-state index in [9.17, 15) is 24.5 Å². The number of carbonyl (C=O) groups is 3. The molecule has 0 radical (unpaired) electrons. The molecule has 29 heavy (non-hydrogen) atoms. The first-order chi connectivity index (χ1) is 13.8. The van der Waals surface area contributed by atoms with Crippen molar-refractivity contribution in [3.8, 4) is 0 Å². The van der Waals surface area contributed by atoms with Crippen LogP contribution in [0.3, 0.4) is 0 Å². The summed E-state index contributed by atoms with van der Waals surface area (Å²) < 4.78 is 5.38. The third kappa shape index (κ3) is 6.32. The number of benzene rings is 2. The Labute approximate surface area is 171 Å². The van der Waals surface area contributed by atoms with Crippen LogP contribution in [0.15, 0.2) is 59.5 Å². The van der Waals surface area contributed by atoms with E-state index in [2.05, 4.69) is 10.6 Å². The predicted molar refractivity (Wildman–Crippen MR) is 106 cm³/mol. The highest BCUT2D eigenvalue weighted by Crippen LogP contribution is 2.28. The van der Waals surface area contributed by atoms with Crippen molar-refractivity contribution in [3.05, 3.63) is 70.3 Å². The number of urea groups is 1. The van der Waals surface area contributed by atoms with Crippen LogP contribution in [0, 0.1) is 10.1 Å². The first-order valence-electron chi connectivity index (χ1n) is 8.51. The molecule has 0 saturated heterocycles. The van der Waals surface area contributed by atoms with Gasteiger partial charge in [0.2, 0.25) is 6.10 Å². The Hall–Kier alpha value is -3.40. The number of hydrogen-bond acceptors (Lipinski definition) is 7. The molecule has 152 valence electrons. The average Bonchev–Trinajstić information content (AvgIpc) is 2.72. The minimum Gasteiger partial charge on any atom is -0.446 e. The molecule has 0 heterocycles. The van der Waals surface area contributed by atoms with Gasteiger partial charge in [-0.3, -0.25) is 25.0 Å². The Morgan fingerprint density at radius 1 is 1.07 bits per heavy atom. The quantitative estimate of drug-likeness (QED) is 0.307. The predicted octanol–water partition coefficient (Wildman–Crippen LogP) is 2.82. The van der Waals surface area contributed by atoms with Crippen LogP contribution in [0.25, 0.3) is 0 Å². The standard InChI is InChI=1S/C19H19N3O6S/c1-12(29-15-10-8-14(9-11-15)22(26)27)18(24)28-16(13-6-4-3-5-7-13)17(23)21-19(25)20-2/h3-12,16H,1-2H3,(H2,20,21,23,25). The number of nitrogens with zero attached hydrogens (tertiary/aromatic N) is 1. The summed E-state index contributed by atoms with van der Waals surface area (Å²) in [6.45, 7) is 1.59. The van der Waals surface area contributed by atoms with Gasteiger partial charge < -0.3 is 10.1 Å². The number of nitrogens with one attached hydrogen (secondary N) is 2. The van der Waals surface area contributed by atoms with E-state index in [4.69, 9.17) is 4.74 Å². The Morgan fingerprint density at radius 3 is 2.24 bits per heavy atom. The number of amides is 3. The molecule has 0 aliphatic carbocycles. The number of ether oxygens (including phenoxy) is 1. The Balaban J connectivity index is 2.10. The maximum absolute atomic E-state index is 12.5. The Kier molecular flexibility index (Phi) is 7.72. The van der Waals surface area contributed by atoms with E-state index in [0.717, 1.165) is 11.8 Å². The molecule has 2 rings (SSSR count). The lowest BCUT2D eigenvalue weighted by Gasteiger charge is -2.19. The molecule has 0 aliphatic heterocycles. The van der Waals surface area contributed by atoms with Gasteiger partial charge in [-0.05, 0) is 19.1 Å². The van der Waals surface area contributed by atoms with Crippen molar-refractivity contribution in [2.75, 3.05) is 7.05 Å². The first kappa shape index (κ1) is 21.9. The summed E-state index contributed by atoms with van der Waals surface area (Å²) in [7, 11) is 1.36. The van der Waals surface area contributed by atoms with Crippen molar-refractivity contribution in [3.63, 3.8) is 0 Å². The number of thioether (sulfide) groups is 1. The molecule has 2 aromatic carbocycles. The van der Waals surface area contributed by atoms with Crippen LogP contribution in [0.1, 0.15) is 18.6 Å². The monoisotopic (exact) mass is 417 g/mol. The van der Waals surface area contributed by atoms with Gasteiger partial charge in [-0.2, -0.15) is 0 Å². The molecule has 10 heteroatoms. The van der Waals surface area contributed by atoms with Crippen LogP contribution < -0.4 is 10.6 Å². The molecule has 0 bridgehead atoms. The van der Waals surface area contributed by atoms with Gasteiger partial charge in [0.15, 0.2) is 0 Å². The average molecular weight is 417 g/mol. The summed E-state index contributed by atoms with van der Waals surface area (Å²) in [6, 6.07) is 13.3. The fraction of sp³-hybridized carbons (Fsp3) is 0.211. The van der Waals surface area contributed by atoms with Crippen molar-refractivity contribution < 1.29 is 24.0 Å². The molecule has 0 spiro atoms. The van der Waals surface area contributed by atoms with Gasteiger partial charge in [0, 0.05) is 29.6 Å². The summed E-state index contributed by atoms with van der Waals surface area (Å²) in [4.78, 5) is 47.2. The van der Waals surface area contributed by atoms with E-state index in [1.165, 1.54) is 31.3 Å². The minimum atomic E-state index is -1.30. The SMILES string of the molecule is CNC(=O)NC(=O)C(OC(=O)C(C)Sc1ccc([N+](=O)[O-])cc1)c1ccccc1. The third-order valence-electron chi connectivity index (χ3n) is 3.73. The van der Waals surface area contributed by atoms with Crippen molar-refractivity contribution in [1.82, 2.24) is 10.6 Å². The van der Waals surface area contributed by atoms with Gasteiger partial charge in [-0.25, -0.2) is 4.79 Å². The summed E-state index contributed by atoms with van der Waals surface area (Å²) in [6.07, 6.45) is -1.30. The molecule has 0 aliphatic rings. The molecular formula is C19H19N3O6S. The molecule has 2 unspecified atom stereocenters. The lowest BCUT2D eigenvalue weighted by atomic mass is 10.1. The highest BCUT2D eigenvalue weighted by atomic mass is 32.2. The normalized spacial score (nSPS) is 12.3. The number of nitro groups is 1. The van der Waals surface area contributed by atoms with E-state index in [0.29, 0.717) is 10.5 Å². The fourth-order valence-electron chi connectivity index (χ4n) is 2.25. The maximum Gasteiger partial charge on any atom is 0.321 e. The topological polar surface area (TPSA) is 128 Å². The molecule has 0 saturated carbocycles. The van der Waals surface area contributed by atoms with Gasteiger partial charge in [0.25, 0.3) is 11.6 Å². The zero-order chi connectivity index (χ0) is 21.4. The minimum absolute atomic E-state index is 0.0559. The van der Waals surface area contributed by atoms with Gasteiger partial charge in [0.05, 0.1) is 4.92 Å². The van der Waals surface area contributed by atoms with Crippen LogP contribution in [0.2, 0.25) is 0 Å². The number of imide groups is 1. The maximum atomic E-state index is 12.5. The number of carbonyl (C=O) groups excluding carboxylic acids is 3. The molecule has 2 atom stereocenters. The largest absolute Gasteiger partial charge is 0.446 e. The summed E-state index contributed by atoms with van der Waals surface area (Å²) in [5, 5.41) is 14.4. The highest BCUT2D eigenvalue weighted by molar-refractivity contribution is 8.00. The molecule has 0 fully saturated rings. The summed E-state index contributed by atoms with van der Waals surface area (Å²) in [5.41, 5.74) is 0.356. The number of rotatable bonds is 7. The zero-order valence-electron chi connectivity index (χ0n) is 15.7. The van der Waals surface area contributed by atoms with Crippen LogP contribution >= 0.6 is 11.8 Å². The van der Waals surface area contributed by atoms with Gasteiger partial charge in [0.1, 0.15) is 5.25 Å². The molecule has 3 amide bonds. The molecule has 2 aromatic rings. The van der Waals surface area contributed by atoms with Crippen LogP contribution in [-0.4, -0.2) is 35.1 Å². The number of non-ortho nitro benzene ring substituents is 1. The second kappa shape index (κ2) is 10.2. The van der Waals surface area contributed by atoms with Crippen molar-refractivity contribution >= 4 is 35.4 Å². The Bertz CT molecular complexity index is 889. The van der Waals surface area contributed by atoms with Crippen LogP contribution in [0.4, 0.5) is 10.5 Å². The lowest BCUT2D eigenvalue weighted by Crippen LogP contribution is -2.41.